The van der Waals surface area contributed by atoms with E-state index in [-0.39, 0.29) is 11.1 Å². The van der Waals surface area contributed by atoms with Crippen LogP contribution >= 0.6 is 0 Å². The van der Waals surface area contributed by atoms with Gasteiger partial charge >= 0.3 is 5.97 Å². The van der Waals surface area contributed by atoms with Crippen molar-refractivity contribution in [3.8, 4) is 0 Å². The molecule has 7 heteroatoms. The summed E-state index contributed by atoms with van der Waals surface area (Å²) in [5, 5.41) is 20.2. The Balaban J connectivity index is 2.83. The van der Waals surface area contributed by atoms with Crippen molar-refractivity contribution in [3.63, 3.8) is 0 Å². The molecule has 0 aliphatic heterocycles. The van der Waals surface area contributed by atoms with Gasteiger partial charge in [0.1, 0.15) is 0 Å². The Kier molecular flexibility index (Phi) is 4.60. The van der Waals surface area contributed by atoms with E-state index in [4.69, 9.17) is 10.8 Å². The molecule has 0 aliphatic carbocycles. The van der Waals surface area contributed by atoms with E-state index in [9.17, 15) is 19.5 Å². The highest BCUT2D eigenvalue weighted by Crippen LogP contribution is 2.05. The summed E-state index contributed by atoms with van der Waals surface area (Å²) >= 11 is 0. The summed E-state index contributed by atoms with van der Waals surface area (Å²) in [4.78, 5) is 33.4. The lowest BCUT2D eigenvalue weighted by Gasteiger charge is -2.16. The van der Waals surface area contributed by atoms with Crippen LogP contribution in [0.3, 0.4) is 0 Å². The Hall–Kier alpha value is -2.41. The van der Waals surface area contributed by atoms with Crippen molar-refractivity contribution in [1.82, 2.24) is 5.32 Å². The van der Waals surface area contributed by atoms with Crippen LogP contribution in [0.25, 0.3) is 0 Å². The molecule has 2 atom stereocenters. The molecule has 0 fully saturated rings. The monoisotopic (exact) mass is 266 g/mol. The molecule has 7 nitrogen and oxygen atoms in total. The number of hydrogen-bond donors (Lipinski definition) is 4. The van der Waals surface area contributed by atoms with E-state index in [1.165, 1.54) is 31.2 Å². The number of carbonyl (C=O) groups excluding carboxylic acids is 2. The van der Waals surface area contributed by atoms with Gasteiger partial charge in [0.05, 0.1) is 6.10 Å². The molecule has 1 aromatic carbocycles. The van der Waals surface area contributed by atoms with Crippen molar-refractivity contribution in [2.45, 2.75) is 19.1 Å². The van der Waals surface area contributed by atoms with Crippen LogP contribution in [0.15, 0.2) is 24.3 Å². The van der Waals surface area contributed by atoms with Gasteiger partial charge in [-0.3, -0.25) is 9.59 Å². The average molecular weight is 266 g/mol. The summed E-state index contributed by atoms with van der Waals surface area (Å²) in [6.07, 6.45) is -1.23. The zero-order chi connectivity index (χ0) is 14.6. The zero-order valence-corrected chi connectivity index (χ0v) is 10.2. The standard InChI is InChI=1S/C12H14N2O5/c1-6(15)9(12(18)19)14-11(17)8-4-2-7(3-5-8)10(13)16/h2-6,9,15H,1H3,(H2,13,16)(H,14,17)(H,18,19). The molecule has 0 saturated carbocycles. The number of aliphatic carboxylic acids is 1. The van der Waals surface area contributed by atoms with Crippen LogP contribution < -0.4 is 11.1 Å². The van der Waals surface area contributed by atoms with Crippen LogP contribution in [0.5, 0.6) is 0 Å². The van der Waals surface area contributed by atoms with Crippen molar-refractivity contribution >= 4 is 17.8 Å². The molecule has 5 N–H and O–H groups in total. The summed E-state index contributed by atoms with van der Waals surface area (Å²) < 4.78 is 0. The molecule has 0 spiro atoms. The minimum absolute atomic E-state index is 0.164. The number of benzene rings is 1. The highest BCUT2D eigenvalue weighted by atomic mass is 16.4. The van der Waals surface area contributed by atoms with Gasteiger partial charge in [0, 0.05) is 11.1 Å². The number of aliphatic hydroxyl groups is 1. The third-order valence-corrected chi connectivity index (χ3v) is 2.47. The maximum absolute atomic E-state index is 11.7. The van der Waals surface area contributed by atoms with Crippen LogP contribution in [0.2, 0.25) is 0 Å². The van der Waals surface area contributed by atoms with Gasteiger partial charge in [-0.1, -0.05) is 0 Å². The summed E-state index contributed by atoms with van der Waals surface area (Å²) in [6, 6.07) is 4.00. The molecule has 1 rings (SSSR count). The van der Waals surface area contributed by atoms with Crippen LogP contribution in [-0.2, 0) is 4.79 Å². The number of nitrogens with one attached hydrogen (secondary N) is 1. The molecule has 2 amide bonds. The quantitative estimate of drug-likeness (QED) is 0.562. The van der Waals surface area contributed by atoms with E-state index >= 15 is 0 Å². The number of carbonyl (C=O) groups is 3. The number of hydrogen-bond acceptors (Lipinski definition) is 4. The summed E-state index contributed by atoms with van der Waals surface area (Å²) in [5.41, 5.74) is 5.45. The molecule has 2 unspecified atom stereocenters. The second kappa shape index (κ2) is 5.96. The fourth-order valence-corrected chi connectivity index (χ4v) is 1.40. The highest BCUT2D eigenvalue weighted by molar-refractivity contribution is 5.98. The smallest absolute Gasteiger partial charge is 0.328 e. The van der Waals surface area contributed by atoms with Crippen molar-refractivity contribution in [2.24, 2.45) is 5.73 Å². The maximum Gasteiger partial charge on any atom is 0.328 e. The van der Waals surface area contributed by atoms with Gasteiger partial charge in [-0.05, 0) is 31.2 Å². The predicted octanol–water partition coefficient (Wildman–Crippen LogP) is -0.651. The van der Waals surface area contributed by atoms with E-state index in [0.29, 0.717) is 0 Å². The molecule has 0 aromatic heterocycles. The van der Waals surface area contributed by atoms with Crippen LogP contribution in [0, 0.1) is 0 Å². The molecule has 0 saturated heterocycles. The van der Waals surface area contributed by atoms with Crippen LogP contribution in [0.1, 0.15) is 27.6 Å². The van der Waals surface area contributed by atoms with Crippen molar-refractivity contribution in [3.05, 3.63) is 35.4 Å². The normalized spacial score (nSPS) is 13.4. The topological polar surface area (TPSA) is 130 Å². The first-order valence-electron chi connectivity index (χ1n) is 5.44. The Morgan fingerprint density at radius 1 is 1.16 bits per heavy atom. The molecule has 0 radical (unpaired) electrons. The van der Waals surface area contributed by atoms with Gasteiger partial charge in [-0.2, -0.15) is 0 Å². The van der Waals surface area contributed by atoms with Crippen LogP contribution in [-0.4, -0.2) is 40.1 Å². The summed E-state index contributed by atoms with van der Waals surface area (Å²) in [7, 11) is 0. The largest absolute Gasteiger partial charge is 0.480 e. The number of primary amides is 1. The van der Waals surface area contributed by atoms with Crippen molar-refractivity contribution < 1.29 is 24.6 Å². The van der Waals surface area contributed by atoms with Gasteiger partial charge in [-0.25, -0.2) is 4.79 Å². The molecule has 19 heavy (non-hydrogen) atoms. The molecule has 102 valence electrons. The Labute approximate surface area is 109 Å². The van der Waals surface area contributed by atoms with E-state index < -0.39 is 29.9 Å². The maximum atomic E-state index is 11.7. The van der Waals surface area contributed by atoms with Gasteiger partial charge in [-0.15, -0.1) is 0 Å². The van der Waals surface area contributed by atoms with E-state index in [0.717, 1.165) is 0 Å². The van der Waals surface area contributed by atoms with Crippen LogP contribution in [0.4, 0.5) is 0 Å². The van der Waals surface area contributed by atoms with Gasteiger partial charge in [0.25, 0.3) is 5.91 Å². The average Bonchev–Trinajstić information content (AvgIpc) is 2.34. The van der Waals surface area contributed by atoms with Gasteiger partial charge in [0.15, 0.2) is 6.04 Å². The lowest BCUT2D eigenvalue weighted by Crippen LogP contribution is -2.47. The molecule has 0 heterocycles. The minimum atomic E-state index is -1.40. The first-order valence-corrected chi connectivity index (χ1v) is 5.44. The SMILES string of the molecule is CC(O)C(NC(=O)c1ccc(C(N)=O)cc1)C(=O)O. The fraction of sp³-hybridized carbons (Fsp3) is 0.250. The lowest BCUT2D eigenvalue weighted by molar-refractivity contribution is -0.141. The van der Waals surface area contributed by atoms with E-state index in [2.05, 4.69) is 5.32 Å². The highest BCUT2D eigenvalue weighted by Gasteiger charge is 2.25. The molecule has 0 bridgehead atoms. The summed E-state index contributed by atoms with van der Waals surface area (Å²) in [6.45, 7) is 1.26. The second-order valence-corrected chi connectivity index (χ2v) is 3.97. The molecular weight excluding hydrogens is 252 g/mol. The Morgan fingerprint density at radius 2 is 1.63 bits per heavy atom. The number of aliphatic hydroxyl groups excluding tert-OH is 1. The van der Waals surface area contributed by atoms with Crippen molar-refractivity contribution in [1.29, 1.82) is 0 Å². The Bertz CT molecular complexity index is 495. The second-order valence-electron chi connectivity index (χ2n) is 3.97. The molecule has 0 aliphatic rings. The number of carboxylic acids is 1. The number of rotatable bonds is 5. The third kappa shape index (κ3) is 3.78. The zero-order valence-electron chi connectivity index (χ0n) is 10.2. The predicted molar refractivity (Wildman–Crippen MR) is 65.5 cm³/mol. The van der Waals surface area contributed by atoms with Gasteiger partial charge < -0.3 is 21.3 Å². The molecular formula is C12H14N2O5. The number of nitrogens with two attached hydrogens (primary N) is 1. The fourth-order valence-electron chi connectivity index (χ4n) is 1.40. The van der Waals surface area contributed by atoms with Crippen molar-refractivity contribution in [2.75, 3.05) is 0 Å². The minimum Gasteiger partial charge on any atom is -0.480 e. The van der Waals surface area contributed by atoms with Gasteiger partial charge in [0.2, 0.25) is 5.91 Å². The summed E-state index contributed by atoms with van der Waals surface area (Å²) in [5.74, 6) is -2.62. The number of carboxylic acid groups (broad SMARTS) is 1. The van der Waals surface area contributed by atoms with E-state index in [1.807, 2.05) is 0 Å². The third-order valence-electron chi connectivity index (χ3n) is 2.47. The first-order chi connectivity index (χ1) is 8.82. The van der Waals surface area contributed by atoms with E-state index in [1.54, 1.807) is 0 Å². The lowest BCUT2D eigenvalue weighted by atomic mass is 10.1. The number of amides is 2. The first kappa shape index (κ1) is 14.7. The molecule has 1 aromatic rings. The Morgan fingerprint density at radius 3 is 2.00 bits per heavy atom.